The zero-order chi connectivity index (χ0) is 18.4. The van der Waals surface area contributed by atoms with Crippen LogP contribution in [0.4, 0.5) is 0 Å². The van der Waals surface area contributed by atoms with Crippen LogP contribution in [0.15, 0.2) is 78.9 Å². The van der Waals surface area contributed by atoms with Gasteiger partial charge in [-0.2, -0.15) is 0 Å². The lowest BCUT2D eigenvalue weighted by atomic mass is 10.0. The van der Waals surface area contributed by atoms with Crippen LogP contribution >= 0.6 is 0 Å². The number of hydrogen-bond acceptors (Lipinski definition) is 3. The molecule has 3 aromatic rings. The Labute approximate surface area is 154 Å². The van der Waals surface area contributed by atoms with Crippen LogP contribution in [-0.2, 0) is 4.79 Å². The third kappa shape index (κ3) is 4.73. The average Bonchev–Trinajstić information content (AvgIpc) is 2.68. The second kappa shape index (κ2) is 8.34. The summed E-state index contributed by atoms with van der Waals surface area (Å²) in [6.07, 6.45) is 0. The van der Waals surface area contributed by atoms with Gasteiger partial charge < -0.3 is 9.47 Å². The van der Waals surface area contributed by atoms with E-state index in [1.54, 1.807) is 0 Å². The van der Waals surface area contributed by atoms with Crippen LogP contribution < -0.4 is 9.47 Å². The van der Waals surface area contributed by atoms with E-state index in [4.69, 9.17) is 9.47 Å². The molecule has 0 radical (unpaired) electrons. The van der Waals surface area contributed by atoms with Gasteiger partial charge in [-0.05, 0) is 46.9 Å². The Morgan fingerprint density at radius 2 is 1.35 bits per heavy atom. The Hall–Kier alpha value is -3.07. The van der Waals surface area contributed by atoms with E-state index >= 15 is 0 Å². The largest absolute Gasteiger partial charge is 0.482 e. The summed E-state index contributed by atoms with van der Waals surface area (Å²) in [5.41, 5.74) is 3.45. The van der Waals surface area contributed by atoms with E-state index in [0.717, 1.165) is 11.1 Å². The minimum Gasteiger partial charge on any atom is -0.482 e. The van der Waals surface area contributed by atoms with Gasteiger partial charge in [0.2, 0.25) is 0 Å². The maximum Gasteiger partial charge on any atom is 0.349 e. The van der Waals surface area contributed by atoms with E-state index in [-0.39, 0.29) is 6.61 Å². The van der Waals surface area contributed by atoms with E-state index < -0.39 is 5.97 Å². The van der Waals surface area contributed by atoms with Gasteiger partial charge in [-0.25, -0.2) is 4.79 Å². The summed E-state index contributed by atoms with van der Waals surface area (Å²) in [6, 6.07) is 25.3. The van der Waals surface area contributed by atoms with E-state index in [0.29, 0.717) is 17.4 Å². The molecule has 0 bridgehead atoms. The highest BCUT2D eigenvalue weighted by Crippen LogP contribution is 2.22. The van der Waals surface area contributed by atoms with Crippen molar-refractivity contribution in [1.29, 1.82) is 0 Å². The molecule has 0 aliphatic heterocycles. The van der Waals surface area contributed by atoms with E-state index in [9.17, 15) is 4.79 Å². The molecule has 0 fully saturated rings. The van der Waals surface area contributed by atoms with Crippen molar-refractivity contribution in [3.05, 3.63) is 84.4 Å². The molecule has 3 heteroatoms. The van der Waals surface area contributed by atoms with Crippen molar-refractivity contribution in [2.24, 2.45) is 0 Å². The number of carbonyl (C=O) groups is 1. The van der Waals surface area contributed by atoms with Crippen molar-refractivity contribution < 1.29 is 14.3 Å². The topological polar surface area (TPSA) is 35.5 Å². The molecule has 0 N–H and O–H groups in total. The number of rotatable bonds is 6. The number of esters is 1. The molecular formula is C23H22O3. The van der Waals surface area contributed by atoms with Gasteiger partial charge in [-0.15, -0.1) is 0 Å². The number of hydrogen-bond donors (Lipinski definition) is 0. The van der Waals surface area contributed by atoms with Crippen LogP contribution in [0.3, 0.4) is 0 Å². The molecule has 0 aliphatic carbocycles. The van der Waals surface area contributed by atoms with Crippen molar-refractivity contribution in [3.8, 4) is 22.6 Å². The number of ether oxygens (including phenoxy) is 2. The first-order chi connectivity index (χ1) is 12.6. The summed E-state index contributed by atoms with van der Waals surface area (Å²) in [4.78, 5) is 11.9. The van der Waals surface area contributed by atoms with Crippen LogP contribution in [0.5, 0.6) is 11.5 Å². The standard InChI is InChI=1S/C23H22O3/c1-17(2)18-8-14-22(15-9-18)26-23(24)16-25-21-12-10-20(11-13-21)19-6-4-3-5-7-19/h3-15,17H,16H2,1-2H3. The molecule has 132 valence electrons. The fourth-order valence-electron chi connectivity index (χ4n) is 2.60. The molecule has 0 saturated carbocycles. The van der Waals surface area contributed by atoms with Crippen molar-refractivity contribution in [3.63, 3.8) is 0 Å². The molecule has 0 atom stereocenters. The average molecular weight is 346 g/mol. The number of carbonyl (C=O) groups excluding carboxylic acids is 1. The molecule has 26 heavy (non-hydrogen) atoms. The van der Waals surface area contributed by atoms with Gasteiger partial charge >= 0.3 is 5.97 Å². The first-order valence-electron chi connectivity index (χ1n) is 8.71. The Morgan fingerprint density at radius 1 is 0.769 bits per heavy atom. The normalized spacial score (nSPS) is 10.6. The summed E-state index contributed by atoms with van der Waals surface area (Å²) < 4.78 is 10.8. The lowest BCUT2D eigenvalue weighted by Crippen LogP contribution is -2.17. The third-order valence-electron chi connectivity index (χ3n) is 4.10. The third-order valence-corrected chi connectivity index (χ3v) is 4.10. The summed E-state index contributed by atoms with van der Waals surface area (Å²) in [5.74, 6) is 1.19. The summed E-state index contributed by atoms with van der Waals surface area (Å²) in [6.45, 7) is 4.12. The zero-order valence-corrected chi connectivity index (χ0v) is 15.0. The van der Waals surface area contributed by atoms with Crippen molar-refractivity contribution in [2.45, 2.75) is 19.8 Å². The van der Waals surface area contributed by atoms with E-state index in [1.807, 2.05) is 66.7 Å². The van der Waals surface area contributed by atoms with Crippen LogP contribution in [0.1, 0.15) is 25.3 Å². The van der Waals surface area contributed by atoms with Gasteiger partial charge in [-0.1, -0.05) is 68.4 Å². The summed E-state index contributed by atoms with van der Waals surface area (Å²) >= 11 is 0. The molecule has 0 spiro atoms. The van der Waals surface area contributed by atoms with Crippen LogP contribution in [0.2, 0.25) is 0 Å². The highest BCUT2D eigenvalue weighted by Gasteiger charge is 2.07. The predicted molar refractivity (Wildman–Crippen MR) is 104 cm³/mol. The summed E-state index contributed by atoms with van der Waals surface area (Å²) in [5, 5.41) is 0. The van der Waals surface area contributed by atoms with E-state index in [1.165, 1.54) is 5.56 Å². The molecule has 0 heterocycles. The molecule has 0 unspecified atom stereocenters. The molecule has 0 saturated heterocycles. The Balaban J connectivity index is 1.53. The van der Waals surface area contributed by atoms with Gasteiger partial charge in [0, 0.05) is 0 Å². The minimum atomic E-state index is -0.422. The minimum absolute atomic E-state index is 0.128. The SMILES string of the molecule is CC(C)c1ccc(OC(=O)COc2ccc(-c3ccccc3)cc2)cc1. The first kappa shape index (κ1) is 17.7. The smallest absolute Gasteiger partial charge is 0.349 e. The van der Waals surface area contributed by atoms with Crippen LogP contribution in [-0.4, -0.2) is 12.6 Å². The van der Waals surface area contributed by atoms with E-state index in [2.05, 4.69) is 26.0 Å². The van der Waals surface area contributed by atoms with Crippen LogP contribution in [0.25, 0.3) is 11.1 Å². The molecular weight excluding hydrogens is 324 g/mol. The second-order valence-corrected chi connectivity index (χ2v) is 6.38. The van der Waals surface area contributed by atoms with Gasteiger partial charge in [-0.3, -0.25) is 0 Å². The lowest BCUT2D eigenvalue weighted by molar-refractivity contribution is -0.136. The molecule has 3 nitrogen and oxygen atoms in total. The van der Waals surface area contributed by atoms with Gasteiger partial charge in [0.05, 0.1) is 0 Å². The van der Waals surface area contributed by atoms with Crippen LogP contribution in [0, 0.1) is 0 Å². The molecule has 3 rings (SSSR count). The lowest BCUT2D eigenvalue weighted by Gasteiger charge is -2.09. The van der Waals surface area contributed by atoms with Gasteiger partial charge in [0.1, 0.15) is 11.5 Å². The number of benzene rings is 3. The second-order valence-electron chi connectivity index (χ2n) is 6.38. The van der Waals surface area contributed by atoms with Crippen molar-refractivity contribution in [2.75, 3.05) is 6.61 Å². The maximum absolute atomic E-state index is 11.9. The first-order valence-corrected chi connectivity index (χ1v) is 8.71. The van der Waals surface area contributed by atoms with Crippen molar-refractivity contribution >= 4 is 5.97 Å². The van der Waals surface area contributed by atoms with Crippen molar-refractivity contribution in [1.82, 2.24) is 0 Å². The Morgan fingerprint density at radius 3 is 1.96 bits per heavy atom. The predicted octanol–water partition coefficient (Wildman–Crippen LogP) is 5.46. The highest BCUT2D eigenvalue weighted by atomic mass is 16.6. The summed E-state index contributed by atoms with van der Waals surface area (Å²) in [7, 11) is 0. The molecule has 0 aromatic heterocycles. The zero-order valence-electron chi connectivity index (χ0n) is 15.0. The quantitative estimate of drug-likeness (QED) is 0.439. The van der Waals surface area contributed by atoms with Gasteiger partial charge in [0.25, 0.3) is 0 Å². The fourth-order valence-corrected chi connectivity index (χ4v) is 2.60. The van der Waals surface area contributed by atoms with Gasteiger partial charge in [0.15, 0.2) is 6.61 Å². The Kier molecular flexibility index (Phi) is 5.69. The molecule has 3 aromatic carbocycles. The molecule has 0 amide bonds. The highest BCUT2D eigenvalue weighted by molar-refractivity contribution is 5.74. The molecule has 0 aliphatic rings. The fraction of sp³-hybridized carbons (Fsp3) is 0.174. The Bertz CT molecular complexity index is 835. The monoisotopic (exact) mass is 346 g/mol. The maximum atomic E-state index is 11.9.